The molecule has 0 amide bonds. The smallest absolute Gasteiger partial charge is 0.147 e. The Morgan fingerprint density at radius 3 is 2.45 bits per heavy atom. The number of fused-ring (bicyclic) bond motifs is 3. The van der Waals surface area contributed by atoms with Crippen molar-refractivity contribution in [2.75, 3.05) is 11.4 Å². The maximum atomic E-state index is 13.5. The van der Waals surface area contributed by atoms with Gasteiger partial charge in [0.15, 0.2) is 0 Å². The van der Waals surface area contributed by atoms with E-state index in [-0.39, 0.29) is 11.9 Å². The summed E-state index contributed by atoms with van der Waals surface area (Å²) < 4.78 is 15.8. The Hall–Kier alpha value is -3.66. The van der Waals surface area contributed by atoms with Crippen molar-refractivity contribution in [1.82, 2.24) is 4.57 Å². The summed E-state index contributed by atoms with van der Waals surface area (Å²) in [6.07, 6.45) is 1.75. The zero-order valence-corrected chi connectivity index (χ0v) is 17.2. The van der Waals surface area contributed by atoms with Crippen LogP contribution in [0.3, 0.4) is 0 Å². The van der Waals surface area contributed by atoms with E-state index in [4.69, 9.17) is 0 Å². The summed E-state index contributed by atoms with van der Waals surface area (Å²) >= 11 is 0. The van der Waals surface area contributed by atoms with Crippen molar-refractivity contribution in [3.8, 4) is 0 Å². The Bertz CT molecular complexity index is 1260. The maximum Gasteiger partial charge on any atom is 0.147 e. The topological polar surface area (TPSA) is 25.2 Å². The first-order valence-electron chi connectivity index (χ1n) is 10.5. The second-order valence-electron chi connectivity index (χ2n) is 7.97. The molecule has 0 fully saturated rings. The van der Waals surface area contributed by atoms with E-state index in [1.165, 1.54) is 23.1 Å². The van der Waals surface area contributed by atoms with E-state index in [0.29, 0.717) is 12.1 Å². The van der Waals surface area contributed by atoms with Crippen molar-refractivity contribution in [3.63, 3.8) is 0 Å². The molecular formula is C27H23FN2O. The predicted octanol–water partition coefficient (Wildman–Crippen LogP) is 5.69. The summed E-state index contributed by atoms with van der Waals surface area (Å²) in [5.74, 6) is -0.245. The molecule has 0 spiro atoms. The molecular weight excluding hydrogens is 387 g/mol. The summed E-state index contributed by atoms with van der Waals surface area (Å²) in [5, 5.41) is 1.20. The molecule has 0 saturated heterocycles. The Labute approximate surface area is 181 Å². The largest absolute Gasteiger partial charge is 0.358 e. The first-order chi connectivity index (χ1) is 15.2. The molecule has 1 aliphatic rings. The van der Waals surface area contributed by atoms with Gasteiger partial charge in [-0.05, 0) is 47.9 Å². The Morgan fingerprint density at radius 2 is 1.71 bits per heavy atom. The van der Waals surface area contributed by atoms with Crippen LogP contribution in [0.4, 0.5) is 10.1 Å². The molecule has 0 bridgehead atoms. The number of benzene rings is 3. The fraction of sp³-hybridized carbons (Fsp3) is 0.148. The molecule has 0 unspecified atom stereocenters. The Morgan fingerprint density at radius 1 is 1.00 bits per heavy atom. The number of aromatic nitrogens is 1. The van der Waals surface area contributed by atoms with Crippen molar-refractivity contribution in [3.05, 3.63) is 114 Å². The fourth-order valence-corrected chi connectivity index (χ4v) is 4.76. The van der Waals surface area contributed by atoms with Gasteiger partial charge in [0.1, 0.15) is 12.1 Å². The lowest BCUT2D eigenvalue weighted by Gasteiger charge is -2.39. The van der Waals surface area contributed by atoms with E-state index in [1.807, 2.05) is 36.4 Å². The minimum absolute atomic E-state index is 0.245. The quantitative estimate of drug-likeness (QED) is 0.312. The van der Waals surface area contributed by atoms with Gasteiger partial charge < -0.3 is 9.47 Å². The molecule has 4 aromatic rings. The third-order valence-corrected chi connectivity index (χ3v) is 6.14. The molecule has 0 aliphatic carbocycles. The zero-order valence-electron chi connectivity index (χ0n) is 17.2. The van der Waals surface area contributed by atoms with Crippen molar-refractivity contribution in [2.45, 2.75) is 19.0 Å². The molecule has 0 radical (unpaired) electrons. The number of aldehydes is 1. The standard InChI is InChI=1S/C27H23FN2O/c1-19(18-31)26-27-24(15-16-29(26)22-7-3-2-4-8-22)23-9-5-6-10-25(23)30(27)17-20-11-13-21(28)14-12-20/h2-14,18,26H,1,15-17H2/t26-/m1/s1. The van der Waals surface area contributed by atoms with Crippen LogP contribution in [0.2, 0.25) is 0 Å². The highest BCUT2D eigenvalue weighted by atomic mass is 19.1. The highest BCUT2D eigenvalue weighted by Gasteiger charge is 2.34. The van der Waals surface area contributed by atoms with Crippen LogP contribution < -0.4 is 4.90 Å². The van der Waals surface area contributed by atoms with Crippen LogP contribution in [0.15, 0.2) is 91.0 Å². The van der Waals surface area contributed by atoms with Gasteiger partial charge in [-0.2, -0.15) is 0 Å². The predicted molar refractivity (Wildman–Crippen MR) is 123 cm³/mol. The molecule has 1 aliphatic heterocycles. The molecule has 31 heavy (non-hydrogen) atoms. The molecule has 1 atom stereocenters. The van der Waals surface area contributed by atoms with Crippen LogP contribution in [-0.2, 0) is 17.8 Å². The first-order valence-corrected chi connectivity index (χ1v) is 10.5. The summed E-state index contributed by atoms with van der Waals surface area (Å²) in [7, 11) is 0. The molecule has 0 saturated carbocycles. The minimum Gasteiger partial charge on any atom is -0.358 e. The fourth-order valence-electron chi connectivity index (χ4n) is 4.76. The number of hydrogen-bond donors (Lipinski definition) is 0. The molecule has 0 N–H and O–H groups in total. The number of nitrogens with zero attached hydrogens (tertiary/aromatic N) is 2. The molecule has 154 valence electrons. The molecule has 4 heteroatoms. The van der Waals surface area contributed by atoms with E-state index in [0.717, 1.165) is 41.7 Å². The van der Waals surface area contributed by atoms with Crippen LogP contribution >= 0.6 is 0 Å². The highest BCUT2D eigenvalue weighted by Crippen LogP contribution is 2.42. The number of carbonyl (C=O) groups excluding carboxylic acids is 1. The van der Waals surface area contributed by atoms with E-state index >= 15 is 0 Å². The molecule has 3 nitrogen and oxygen atoms in total. The van der Waals surface area contributed by atoms with Crippen molar-refractivity contribution >= 4 is 22.9 Å². The summed E-state index contributed by atoms with van der Waals surface area (Å²) in [4.78, 5) is 14.2. The van der Waals surface area contributed by atoms with Gasteiger partial charge >= 0.3 is 0 Å². The van der Waals surface area contributed by atoms with Gasteiger partial charge in [0, 0.05) is 40.9 Å². The van der Waals surface area contributed by atoms with Gasteiger partial charge in [-0.25, -0.2) is 4.39 Å². The number of halogens is 1. The first kappa shape index (κ1) is 19.3. The van der Waals surface area contributed by atoms with Crippen LogP contribution in [-0.4, -0.2) is 17.4 Å². The van der Waals surface area contributed by atoms with E-state index in [9.17, 15) is 9.18 Å². The van der Waals surface area contributed by atoms with Crippen LogP contribution in [0.1, 0.15) is 22.9 Å². The Balaban J connectivity index is 1.72. The lowest BCUT2D eigenvalue weighted by atomic mass is 9.92. The van der Waals surface area contributed by atoms with Crippen molar-refractivity contribution in [2.24, 2.45) is 0 Å². The second-order valence-corrected chi connectivity index (χ2v) is 7.97. The highest BCUT2D eigenvalue weighted by molar-refractivity contribution is 5.88. The maximum absolute atomic E-state index is 13.5. The number of para-hydroxylation sites is 2. The van der Waals surface area contributed by atoms with E-state index in [1.54, 1.807) is 0 Å². The van der Waals surface area contributed by atoms with Crippen LogP contribution in [0.5, 0.6) is 0 Å². The third kappa shape index (κ3) is 3.34. The van der Waals surface area contributed by atoms with E-state index in [2.05, 4.69) is 46.4 Å². The van der Waals surface area contributed by atoms with Gasteiger partial charge in [-0.3, -0.25) is 4.79 Å². The lowest BCUT2D eigenvalue weighted by molar-refractivity contribution is -0.105. The molecule has 2 heterocycles. The van der Waals surface area contributed by atoms with Crippen molar-refractivity contribution < 1.29 is 9.18 Å². The SMILES string of the molecule is C=C(C=O)[C@@H]1c2c(c3ccccc3n2Cc2ccc(F)cc2)CCN1c1ccccc1. The van der Waals surface area contributed by atoms with Crippen molar-refractivity contribution in [1.29, 1.82) is 0 Å². The number of hydrogen-bond acceptors (Lipinski definition) is 2. The summed E-state index contributed by atoms with van der Waals surface area (Å²) in [5.41, 5.74) is 6.09. The Kier molecular flexibility index (Phi) is 4.91. The second kappa shape index (κ2) is 7.88. The van der Waals surface area contributed by atoms with Gasteiger partial charge in [0.2, 0.25) is 0 Å². The summed E-state index contributed by atoms with van der Waals surface area (Å²) in [6.45, 7) is 5.53. The lowest BCUT2D eigenvalue weighted by Crippen LogP contribution is -2.38. The van der Waals surface area contributed by atoms with Gasteiger partial charge in [0.25, 0.3) is 0 Å². The third-order valence-electron chi connectivity index (χ3n) is 6.14. The zero-order chi connectivity index (χ0) is 21.4. The van der Waals surface area contributed by atoms with Gasteiger partial charge in [-0.1, -0.05) is 55.1 Å². The molecule has 3 aromatic carbocycles. The van der Waals surface area contributed by atoms with Gasteiger partial charge in [0.05, 0.1) is 6.04 Å². The van der Waals surface area contributed by atoms with Crippen LogP contribution in [0.25, 0.3) is 10.9 Å². The average Bonchev–Trinajstić information content (AvgIpc) is 3.13. The molecule has 5 rings (SSSR count). The monoisotopic (exact) mass is 410 g/mol. The number of anilines is 1. The number of rotatable bonds is 5. The van der Waals surface area contributed by atoms with Crippen LogP contribution in [0, 0.1) is 5.82 Å². The average molecular weight is 410 g/mol. The minimum atomic E-state index is -0.253. The number of carbonyl (C=O) groups is 1. The summed E-state index contributed by atoms with van der Waals surface area (Å²) in [6, 6.07) is 24.9. The molecule has 1 aromatic heterocycles. The van der Waals surface area contributed by atoms with Gasteiger partial charge in [-0.15, -0.1) is 0 Å². The normalized spacial score (nSPS) is 15.6. The van der Waals surface area contributed by atoms with E-state index < -0.39 is 0 Å².